The Labute approximate surface area is 177 Å². The van der Waals surface area contributed by atoms with Gasteiger partial charge in [-0.2, -0.15) is 0 Å². The van der Waals surface area contributed by atoms with E-state index in [0.29, 0.717) is 37.1 Å². The van der Waals surface area contributed by atoms with Crippen molar-refractivity contribution in [3.8, 4) is 11.8 Å². The second-order valence-corrected chi connectivity index (χ2v) is 8.09. The highest BCUT2D eigenvalue weighted by Gasteiger charge is 2.17. The van der Waals surface area contributed by atoms with Gasteiger partial charge >= 0.3 is 6.03 Å². The average Bonchev–Trinajstić information content (AvgIpc) is 3.47. The van der Waals surface area contributed by atoms with Gasteiger partial charge in [0.2, 0.25) is 11.8 Å². The first-order valence-corrected chi connectivity index (χ1v) is 11.0. The van der Waals surface area contributed by atoms with Crippen LogP contribution in [-0.2, 0) is 13.1 Å². The van der Waals surface area contributed by atoms with Crippen LogP contribution >= 0.6 is 0 Å². The maximum atomic E-state index is 12.1. The van der Waals surface area contributed by atoms with Crippen LogP contribution in [0.25, 0.3) is 0 Å². The number of carbonyl (C=O) groups is 1. The molecule has 30 heavy (non-hydrogen) atoms. The number of urea groups is 1. The number of carbonyl (C=O) groups excluding carboxylic acids is 1. The second kappa shape index (κ2) is 10.3. The molecule has 0 bridgehead atoms. The summed E-state index contributed by atoms with van der Waals surface area (Å²) in [5.74, 6) is 1.31. The quantitative estimate of drug-likeness (QED) is 0.684. The summed E-state index contributed by atoms with van der Waals surface area (Å²) in [5.41, 5.74) is 1.86. The Morgan fingerprint density at radius 1 is 0.767 bits per heavy atom. The van der Waals surface area contributed by atoms with Gasteiger partial charge in [-0.3, -0.25) is 0 Å². The number of hydrogen-bond acceptors (Lipinski definition) is 5. The molecule has 2 aliphatic carbocycles. The monoisotopic (exact) mass is 410 g/mol. The fraction of sp³-hybridized carbons (Fsp3) is 0.522. The van der Waals surface area contributed by atoms with Crippen molar-refractivity contribution in [3.05, 3.63) is 47.8 Å². The van der Waals surface area contributed by atoms with Crippen molar-refractivity contribution in [2.24, 2.45) is 0 Å². The lowest BCUT2D eigenvalue weighted by Crippen LogP contribution is -2.34. The first-order valence-electron chi connectivity index (χ1n) is 11.0. The van der Waals surface area contributed by atoms with E-state index in [-0.39, 0.29) is 6.03 Å². The van der Waals surface area contributed by atoms with Gasteiger partial charge in [0.15, 0.2) is 0 Å². The van der Waals surface area contributed by atoms with Crippen LogP contribution in [0.3, 0.4) is 0 Å². The van der Waals surface area contributed by atoms with E-state index in [0.717, 1.165) is 36.8 Å². The van der Waals surface area contributed by atoms with Crippen molar-refractivity contribution in [2.45, 2.75) is 76.7 Å². The van der Waals surface area contributed by atoms with Gasteiger partial charge in [0.05, 0.1) is 0 Å². The first kappa shape index (κ1) is 20.4. The maximum Gasteiger partial charge on any atom is 0.315 e. The Morgan fingerprint density at radius 3 is 1.57 bits per heavy atom. The molecule has 2 heterocycles. The first-order chi connectivity index (χ1) is 14.7. The summed E-state index contributed by atoms with van der Waals surface area (Å²) >= 11 is 0. The Bertz CT molecular complexity index is 731. The molecular formula is C23H30N4O3. The number of rotatable bonds is 8. The van der Waals surface area contributed by atoms with Gasteiger partial charge in [0.25, 0.3) is 0 Å². The molecule has 160 valence electrons. The highest BCUT2D eigenvalue weighted by molar-refractivity contribution is 5.73. The summed E-state index contributed by atoms with van der Waals surface area (Å²) in [7, 11) is 0. The molecule has 2 aliphatic rings. The van der Waals surface area contributed by atoms with Gasteiger partial charge in [-0.15, -0.1) is 0 Å². The van der Waals surface area contributed by atoms with Crippen LogP contribution in [0.5, 0.6) is 11.8 Å². The van der Waals surface area contributed by atoms with Crippen molar-refractivity contribution in [3.63, 3.8) is 0 Å². The van der Waals surface area contributed by atoms with E-state index < -0.39 is 0 Å². The number of nitrogens with zero attached hydrogens (tertiary/aromatic N) is 2. The topological polar surface area (TPSA) is 85.4 Å². The van der Waals surface area contributed by atoms with Gasteiger partial charge in [0, 0.05) is 37.6 Å². The van der Waals surface area contributed by atoms with Crippen LogP contribution in [0.1, 0.15) is 62.5 Å². The number of aromatic nitrogens is 2. The molecule has 7 nitrogen and oxygen atoms in total. The zero-order chi connectivity index (χ0) is 20.6. The number of ether oxygens (including phenoxy) is 2. The zero-order valence-corrected chi connectivity index (χ0v) is 17.3. The van der Waals surface area contributed by atoms with E-state index in [9.17, 15) is 4.79 Å². The van der Waals surface area contributed by atoms with Crippen LogP contribution in [0.2, 0.25) is 0 Å². The SMILES string of the molecule is O=C(NCc1ccc(OC2CCCC2)nc1)NCc1ccc(OC2CCCC2)nc1. The molecule has 0 aliphatic heterocycles. The largest absolute Gasteiger partial charge is 0.474 e. The van der Waals surface area contributed by atoms with E-state index in [4.69, 9.17) is 9.47 Å². The molecule has 0 saturated heterocycles. The highest BCUT2D eigenvalue weighted by atomic mass is 16.5. The Hall–Kier alpha value is -2.83. The molecular weight excluding hydrogens is 380 g/mol. The fourth-order valence-corrected chi connectivity index (χ4v) is 3.95. The lowest BCUT2D eigenvalue weighted by Gasteiger charge is -2.13. The Morgan fingerprint density at radius 2 is 1.20 bits per heavy atom. The van der Waals surface area contributed by atoms with Crippen molar-refractivity contribution in [1.82, 2.24) is 20.6 Å². The summed E-state index contributed by atoms with van der Waals surface area (Å²) in [5, 5.41) is 5.69. The van der Waals surface area contributed by atoms with Gasteiger partial charge in [-0.25, -0.2) is 14.8 Å². The summed E-state index contributed by atoms with van der Waals surface area (Å²) < 4.78 is 11.7. The summed E-state index contributed by atoms with van der Waals surface area (Å²) in [6.45, 7) is 0.823. The van der Waals surface area contributed by atoms with Gasteiger partial charge < -0.3 is 20.1 Å². The molecule has 7 heteroatoms. The van der Waals surface area contributed by atoms with E-state index in [1.165, 1.54) is 25.7 Å². The van der Waals surface area contributed by atoms with Crippen LogP contribution < -0.4 is 20.1 Å². The van der Waals surface area contributed by atoms with Crippen molar-refractivity contribution in [2.75, 3.05) is 0 Å². The zero-order valence-electron chi connectivity index (χ0n) is 17.3. The van der Waals surface area contributed by atoms with E-state index in [1.807, 2.05) is 24.3 Å². The molecule has 2 amide bonds. The van der Waals surface area contributed by atoms with Crippen molar-refractivity contribution >= 4 is 6.03 Å². The summed E-state index contributed by atoms with van der Waals surface area (Å²) in [6.07, 6.45) is 13.4. The molecule has 2 saturated carbocycles. The van der Waals surface area contributed by atoms with E-state index in [1.54, 1.807) is 12.4 Å². The lowest BCUT2D eigenvalue weighted by atomic mass is 10.2. The maximum absolute atomic E-state index is 12.1. The van der Waals surface area contributed by atoms with Gasteiger partial charge in [-0.05, 0) is 62.5 Å². The van der Waals surface area contributed by atoms with Gasteiger partial charge in [-0.1, -0.05) is 12.1 Å². The molecule has 0 aromatic carbocycles. The van der Waals surface area contributed by atoms with Crippen LogP contribution in [-0.4, -0.2) is 28.2 Å². The smallest absolute Gasteiger partial charge is 0.315 e. The predicted octanol–water partition coefficient (Wildman–Crippen LogP) is 4.12. The standard InChI is InChI=1S/C23H30N4O3/c28-23(26-15-17-9-11-21(24-13-17)29-19-5-1-2-6-19)27-16-18-10-12-22(25-14-18)30-20-7-3-4-8-20/h9-14,19-20H,1-8,15-16H2,(H2,26,27,28). The number of nitrogens with one attached hydrogen (secondary N) is 2. The average molecular weight is 411 g/mol. The summed E-state index contributed by atoms with van der Waals surface area (Å²) in [4.78, 5) is 20.8. The minimum Gasteiger partial charge on any atom is -0.474 e. The number of pyridine rings is 2. The molecule has 2 fully saturated rings. The molecule has 2 aromatic rings. The van der Waals surface area contributed by atoms with Crippen molar-refractivity contribution < 1.29 is 14.3 Å². The van der Waals surface area contributed by atoms with Gasteiger partial charge in [0.1, 0.15) is 12.2 Å². The van der Waals surface area contributed by atoms with Crippen molar-refractivity contribution in [1.29, 1.82) is 0 Å². The normalized spacial score (nSPS) is 17.1. The van der Waals surface area contributed by atoms with Crippen LogP contribution in [0, 0.1) is 0 Å². The molecule has 0 spiro atoms. The number of hydrogen-bond donors (Lipinski definition) is 2. The molecule has 2 aromatic heterocycles. The molecule has 2 N–H and O–H groups in total. The fourth-order valence-electron chi connectivity index (χ4n) is 3.95. The van der Waals surface area contributed by atoms with Crippen LogP contribution in [0.4, 0.5) is 4.79 Å². The molecule has 0 atom stereocenters. The third-order valence-electron chi connectivity index (χ3n) is 5.68. The molecule has 0 radical (unpaired) electrons. The minimum absolute atomic E-state index is 0.229. The molecule has 0 unspecified atom stereocenters. The minimum atomic E-state index is -0.229. The third kappa shape index (κ3) is 6.08. The predicted molar refractivity (Wildman–Crippen MR) is 113 cm³/mol. The third-order valence-corrected chi connectivity index (χ3v) is 5.68. The highest BCUT2D eigenvalue weighted by Crippen LogP contribution is 2.23. The van der Waals surface area contributed by atoms with Crippen LogP contribution in [0.15, 0.2) is 36.7 Å². The molecule has 4 rings (SSSR count). The Balaban J connectivity index is 1.15. The lowest BCUT2D eigenvalue weighted by molar-refractivity contribution is 0.201. The number of amides is 2. The van der Waals surface area contributed by atoms with E-state index >= 15 is 0 Å². The Kier molecular flexibility index (Phi) is 7.00. The summed E-state index contributed by atoms with van der Waals surface area (Å²) in [6, 6.07) is 7.38. The van der Waals surface area contributed by atoms with E-state index in [2.05, 4.69) is 20.6 Å². The second-order valence-electron chi connectivity index (χ2n) is 8.09.